The Bertz CT molecular complexity index is 699. The van der Waals surface area contributed by atoms with Crippen molar-refractivity contribution in [3.63, 3.8) is 0 Å². The summed E-state index contributed by atoms with van der Waals surface area (Å²) in [5.41, 5.74) is 2.99. The minimum absolute atomic E-state index is 0.0124. The van der Waals surface area contributed by atoms with Crippen molar-refractivity contribution in [3.05, 3.63) is 29.1 Å². The molecule has 0 atom stereocenters. The summed E-state index contributed by atoms with van der Waals surface area (Å²) in [5.74, 6) is 0.0124. The highest BCUT2D eigenvalue weighted by atomic mass is 32.2. The van der Waals surface area contributed by atoms with Crippen molar-refractivity contribution in [1.82, 2.24) is 15.2 Å². The Kier molecular flexibility index (Phi) is 4.98. The number of urea groups is 1. The van der Waals surface area contributed by atoms with Crippen molar-refractivity contribution in [2.75, 3.05) is 18.8 Å². The molecule has 0 aromatic carbocycles. The maximum Gasteiger partial charge on any atom is 0.317 e. The largest absolute Gasteiger partial charge is 0.334 e. The number of carbonyl (C=O) groups excluding carboxylic acids is 1. The number of hydrogen-bond acceptors (Lipinski definition) is 4. The maximum absolute atomic E-state index is 12.3. The standard InChI is InChI=1S/C16H25N3O3S/c1-12-9-13(2)17-10-14(12)11-18-15(20)19-6-5-16(3,4)23(21,22)8-7-19/h9-10H,5-8,11H2,1-4H3,(H,18,20). The van der Waals surface area contributed by atoms with E-state index in [-0.39, 0.29) is 18.3 Å². The Morgan fingerprint density at radius 1 is 1.35 bits per heavy atom. The molecule has 23 heavy (non-hydrogen) atoms. The normalized spacial score (nSPS) is 19.9. The van der Waals surface area contributed by atoms with Crippen molar-refractivity contribution < 1.29 is 13.2 Å². The Labute approximate surface area is 138 Å². The minimum atomic E-state index is -3.17. The fourth-order valence-corrected chi connectivity index (χ4v) is 3.99. The van der Waals surface area contributed by atoms with Crippen molar-refractivity contribution in [2.45, 2.75) is 45.4 Å². The van der Waals surface area contributed by atoms with Gasteiger partial charge in [0.05, 0.1) is 10.5 Å². The monoisotopic (exact) mass is 339 g/mol. The van der Waals surface area contributed by atoms with Gasteiger partial charge in [0.15, 0.2) is 9.84 Å². The Morgan fingerprint density at radius 2 is 2.04 bits per heavy atom. The van der Waals surface area contributed by atoms with Crippen LogP contribution in [0.3, 0.4) is 0 Å². The van der Waals surface area contributed by atoms with Crippen LogP contribution in [0.15, 0.2) is 12.3 Å². The van der Waals surface area contributed by atoms with E-state index < -0.39 is 14.6 Å². The molecule has 1 N–H and O–H groups in total. The molecular weight excluding hydrogens is 314 g/mol. The predicted octanol–water partition coefficient (Wildman–Crippen LogP) is 1.81. The van der Waals surface area contributed by atoms with Gasteiger partial charge in [0.25, 0.3) is 0 Å². The highest BCUT2D eigenvalue weighted by Gasteiger charge is 2.37. The first-order valence-electron chi connectivity index (χ1n) is 7.79. The zero-order valence-electron chi connectivity index (χ0n) is 14.2. The van der Waals surface area contributed by atoms with Gasteiger partial charge in [0.2, 0.25) is 0 Å². The SMILES string of the molecule is Cc1cc(C)c(CNC(=O)N2CCC(C)(C)S(=O)(=O)CC2)cn1. The third kappa shape index (κ3) is 4.02. The molecule has 1 aromatic rings. The first-order chi connectivity index (χ1) is 10.6. The van der Waals surface area contributed by atoms with E-state index in [2.05, 4.69) is 10.3 Å². The molecule has 2 heterocycles. The first kappa shape index (κ1) is 17.7. The first-order valence-corrected chi connectivity index (χ1v) is 9.45. The number of sulfone groups is 1. The summed E-state index contributed by atoms with van der Waals surface area (Å²) >= 11 is 0. The van der Waals surface area contributed by atoms with E-state index >= 15 is 0 Å². The summed E-state index contributed by atoms with van der Waals surface area (Å²) < 4.78 is 23.6. The lowest BCUT2D eigenvalue weighted by atomic mass is 10.1. The highest BCUT2D eigenvalue weighted by molar-refractivity contribution is 7.92. The Balaban J connectivity index is 1.99. The van der Waals surface area contributed by atoms with Crippen LogP contribution in [0, 0.1) is 13.8 Å². The molecule has 7 heteroatoms. The lowest BCUT2D eigenvalue weighted by Gasteiger charge is -2.23. The number of amides is 2. The maximum atomic E-state index is 12.3. The van der Waals surface area contributed by atoms with Crippen LogP contribution in [0.25, 0.3) is 0 Å². The number of nitrogens with one attached hydrogen (secondary N) is 1. The summed E-state index contributed by atoms with van der Waals surface area (Å²) in [5, 5.41) is 2.86. The van der Waals surface area contributed by atoms with Crippen LogP contribution >= 0.6 is 0 Å². The number of pyridine rings is 1. The summed E-state index contributed by atoms with van der Waals surface area (Å²) in [6.45, 7) is 8.44. The molecule has 128 valence electrons. The number of aryl methyl sites for hydroxylation is 2. The lowest BCUT2D eigenvalue weighted by molar-refractivity contribution is 0.199. The van der Waals surface area contributed by atoms with Crippen molar-refractivity contribution in [3.8, 4) is 0 Å². The number of hydrogen-bond donors (Lipinski definition) is 1. The molecule has 1 aliphatic rings. The van der Waals surface area contributed by atoms with Gasteiger partial charge in [0, 0.05) is 31.5 Å². The van der Waals surface area contributed by atoms with Gasteiger partial charge in [-0.1, -0.05) is 0 Å². The van der Waals surface area contributed by atoms with Crippen LogP contribution in [0.5, 0.6) is 0 Å². The van der Waals surface area contributed by atoms with Gasteiger partial charge in [-0.05, 0) is 51.3 Å². The molecule has 0 aliphatic carbocycles. The molecule has 0 bridgehead atoms. The number of rotatable bonds is 2. The summed E-state index contributed by atoms with van der Waals surface area (Å²) in [6, 6.07) is 1.75. The van der Waals surface area contributed by atoms with Gasteiger partial charge < -0.3 is 10.2 Å². The predicted molar refractivity (Wildman–Crippen MR) is 90.0 cm³/mol. The second-order valence-electron chi connectivity index (χ2n) is 6.73. The zero-order valence-corrected chi connectivity index (χ0v) is 15.0. The Hall–Kier alpha value is -1.63. The van der Waals surface area contributed by atoms with Crippen LogP contribution in [0.2, 0.25) is 0 Å². The molecule has 1 fully saturated rings. The van der Waals surface area contributed by atoms with Crippen LogP contribution < -0.4 is 5.32 Å². The van der Waals surface area contributed by atoms with Gasteiger partial charge in [-0.15, -0.1) is 0 Å². The smallest absolute Gasteiger partial charge is 0.317 e. The van der Waals surface area contributed by atoms with Gasteiger partial charge >= 0.3 is 6.03 Å². The van der Waals surface area contributed by atoms with E-state index in [0.29, 0.717) is 19.5 Å². The molecule has 2 amide bonds. The number of nitrogens with zero attached hydrogens (tertiary/aromatic N) is 2. The molecule has 6 nitrogen and oxygen atoms in total. The molecule has 1 aliphatic heterocycles. The minimum Gasteiger partial charge on any atom is -0.334 e. The van der Waals surface area contributed by atoms with E-state index in [4.69, 9.17) is 0 Å². The average molecular weight is 339 g/mol. The van der Waals surface area contributed by atoms with Crippen molar-refractivity contribution in [1.29, 1.82) is 0 Å². The van der Waals surface area contributed by atoms with Crippen LogP contribution in [0.4, 0.5) is 4.79 Å². The third-order valence-corrected chi connectivity index (χ3v) is 7.14. The summed E-state index contributed by atoms with van der Waals surface area (Å²) in [4.78, 5) is 18.1. The molecule has 0 saturated carbocycles. The van der Waals surface area contributed by atoms with Crippen LogP contribution in [0.1, 0.15) is 37.1 Å². The highest BCUT2D eigenvalue weighted by Crippen LogP contribution is 2.25. The van der Waals surface area contributed by atoms with Gasteiger partial charge in [-0.25, -0.2) is 13.2 Å². The van der Waals surface area contributed by atoms with E-state index in [0.717, 1.165) is 16.8 Å². The lowest BCUT2D eigenvalue weighted by Crippen LogP contribution is -2.41. The molecule has 1 aromatic heterocycles. The summed E-state index contributed by atoms with van der Waals surface area (Å²) in [6.07, 6.45) is 2.22. The van der Waals surface area contributed by atoms with Crippen LogP contribution in [-0.4, -0.2) is 47.9 Å². The van der Waals surface area contributed by atoms with E-state index in [1.165, 1.54) is 0 Å². The molecular formula is C16H25N3O3S. The summed E-state index contributed by atoms with van der Waals surface area (Å²) in [7, 11) is -3.17. The average Bonchev–Trinajstić information content (AvgIpc) is 2.55. The Morgan fingerprint density at radius 3 is 2.70 bits per heavy atom. The molecule has 0 unspecified atom stereocenters. The van der Waals surface area contributed by atoms with Gasteiger partial charge in [-0.2, -0.15) is 0 Å². The van der Waals surface area contributed by atoms with Crippen LogP contribution in [-0.2, 0) is 16.4 Å². The van der Waals surface area contributed by atoms with E-state index in [1.807, 2.05) is 19.9 Å². The topological polar surface area (TPSA) is 79.4 Å². The second kappa shape index (κ2) is 6.47. The van der Waals surface area contributed by atoms with Crippen molar-refractivity contribution in [2.24, 2.45) is 0 Å². The second-order valence-corrected chi connectivity index (χ2v) is 9.47. The van der Waals surface area contributed by atoms with E-state index in [9.17, 15) is 13.2 Å². The van der Waals surface area contributed by atoms with Gasteiger partial charge in [-0.3, -0.25) is 4.98 Å². The molecule has 0 spiro atoms. The molecule has 2 rings (SSSR count). The zero-order chi connectivity index (χ0) is 17.3. The fourth-order valence-electron chi connectivity index (χ4n) is 2.57. The molecule has 1 saturated heterocycles. The molecule has 0 radical (unpaired) electrons. The van der Waals surface area contributed by atoms with Crippen molar-refractivity contribution >= 4 is 15.9 Å². The fraction of sp³-hybridized carbons (Fsp3) is 0.625. The van der Waals surface area contributed by atoms with Gasteiger partial charge in [0.1, 0.15) is 0 Å². The number of carbonyl (C=O) groups is 1. The quantitative estimate of drug-likeness (QED) is 0.891. The number of aromatic nitrogens is 1. The van der Waals surface area contributed by atoms with E-state index in [1.54, 1.807) is 24.9 Å². The third-order valence-electron chi connectivity index (χ3n) is 4.53.